The van der Waals surface area contributed by atoms with Crippen LogP contribution in [0.5, 0.6) is 0 Å². The molecular formula is C23H25F3N8O2. The third kappa shape index (κ3) is 4.87. The summed E-state index contributed by atoms with van der Waals surface area (Å²) in [7, 11) is 0. The molecule has 4 rings (SSSR count). The van der Waals surface area contributed by atoms with E-state index in [-0.39, 0.29) is 11.5 Å². The number of nitrogens with zero attached hydrogens (tertiary/aromatic N) is 7. The second kappa shape index (κ2) is 9.93. The standard InChI is InChI=1S/C23H25F3N8O2/c1-4-19(32-7-8-33(22(36)14(2)35)18(13-32)15-9-29-30-10-15)31-21(27-3)17-11-28-20-6-5-16(12-34(17)20)23(24,25)26/h4-6,9-12,14,18,35H,3,7-8,13H2,1-2H3,(H,29,30)/b19-4+,31-21?. The third-order valence-electron chi connectivity index (χ3n) is 5.94. The summed E-state index contributed by atoms with van der Waals surface area (Å²) in [6.45, 7) is 7.82. The van der Waals surface area contributed by atoms with E-state index >= 15 is 0 Å². The van der Waals surface area contributed by atoms with E-state index in [1.807, 2.05) is 4.90 Å². The fourth-order valence-electron chi connectivity index (χ4n) is 4.14. The number of rotatable bonds is 5. The van der Waals surface area contributed by atoms with E-state index in [1.54, 1.807) is 30.3 Å². The highest BCUT2D eigenvalue weighted by atomic mass is 19.4. The Bertz CT molecular complexity index is 1310. The average molecular weight is 503 g/mol. The molecule has 0 aromatic carbocycles. The molecule has 1 aliphatic heterocycles. The topological polar surface area (TPSA) is 114 Å². The first kappa shape index (κ1) is 25.1. The van der Waals surface area contributed by atoms with Gasteiger partial charge in [0.2, 0.25) is 0 Å². The normalized spacial score (nSPS) is 18.6. The van der Waals surface area contributed by atoms with Crippen molar-refractivity contribution >= 4 is 24.1 Å². The minimum absolute atomic E-state index is 0.0947. The number of allylic oxidation sites excluding steroid dienone is 1. The van der Waals surface area contributed by atoms with Crippen LogP contribution in [0.1, 0.15) is 36.7 Å². The summed E-state index contributed by atoms with van der Waals surface area (Å²) >= 11 is 0. The van der Waals surface area contributed by atoms with Crippen LogP contribution < -0.4 is 0 Å². The maximum Gasteiger partial charge on any atom is 0.417 e. The van der Waals surface area contributed by atoms with E-state index in [1.165, 1.54) is 23.6 Å². The quantitative estimate of drug-likeness (QED) is 0.411. The van der Waals surface area contributed by atoms with Crippen LogP contribution >= 0.6 is 0 Å². The van der Waals surface area contributed by atoms with E-state index in [4.69, 9.17) is 0 Å². The Hall–Kier alpha value is -4.00. The lowest BCUT2D eigenvalue weighted by Gasteiger charge is -2.42. The number of aliphatic imine (C=N–C) groups is 2. The number of aliphatic hydroxyl groups excluding tert-OH is 1. The van der Waals surface area contributed by atoms with Crippen molar-refractivity contribution in [3.05, 3.63) is 65.6 Å². The Morgan fingerprint density at radius 1 is 1.33 bits per heavy atom. The molecule has 2 unspecified atom stereocenters. The molecule has 190 valence electrons. The second-order valence-electron chi connectivity index (χ2n) is 8.23. The molecule has 4 heterocycles. The summed E-state index contributed by atoms with van der Waals surface area (Å²) in [5.41, 5.74) is 0.490. The van der Waals surface area contributed by atoms with Gasteiger partial charge in [-0.05, 0) is 38.8 Å². The number of carbonyl (C=O) groups is 1. The Morgan fingerprint density at radius 2 is 2.11 bits per heavy atom. The van der Waals surface area contributed by atoms with Crippen molar-refractivity contribution < 1.29 is 23.1 Å². The van der Waals surface area contributed by atoms with E-state index < -0.39 is 29.8 Å². The van der Waals surface area contributed by atoms with Gasteiger partial charge in [0.25, 0.3) is 5.91 Å². The summed E-state index contributed by atoms with van der Waals surface area (Å²) in [5, 5.41) is 16.6. The number of aliphatic hydroxyl groups is 1. The Morgan fingerprint density at radius 3 is 2.72 bits per heavy atom. The molecule has 36 heavy (non-hydrogen) atoms. The fourth-order valence-corrected chi connectivity index (χ4v) is 4.14. The number of hydrogen-bond donors (Lipinski definition) is 2. The number of amidine groups is 1. The number of carbonyl (C=O) groups excluding carboxylic acids is 1. The molecule has 1 aliphatic rings. The summed E-state index contributed by atoms with van der Waals surface area (Å²) in [6.07, 6.45) is 1.71. The first-order valence-corrected chi connectivity index (χ1v) is 11.1. The number of halogens is 3. The van der Waals surface area contributed by atoms with Gasteiger partial charge >= 0.3 is 6.18 Å². The molecule has 0 radical (unpaired) electrons. The van der Waals surface area contributed by atoms with Gasteiger partial charge in [-0.15, -0.1) is 0 Å². The molecule has 2 atom stereocenters. The molecule has 2 N–H and O–H groups in total. The van der Waals surface area contributed by atoms with Crippen LogP contribution in [0.3, 0.4) is 0 Å². The van der Waals surface area contributed by atoms with Crippen molar-refractivity contribution in [1.82, 2.24) is 29.4 Å². The molecule has 0 saturated carbocycles. The lowest BCUT2D eigenvalue weighted by Crippen LogP contribution is -2.52. The van der Waals surface area contributed by atoms with E-state index in [0.717, 1.165) is 17.8 Å². The Kier molecular flexibility index (Phi) is 6.93. The summed E-state index contributed by atoms with van der Waals surface area (Å²) in [5.74, 6) is 0.195. The summed E-state index contributed by atoms with van der Waals surface area (Å²) in [6, 6.07) is 1.83. The fraction of sp³-hybridized carbons (Fsp3) is 0.348. The van der Waals surface area contributed by atoms with Crippen molar-refractivity contribution in [3.63, 3.8) is 0 Å². The lowest BCUT2D eigenvalue weighted by molar-refractivity contribution is -0.144. The van der Waals surface area contributed by atoms with Crippen molar-refractivity contribution in [1.29, 1.82) is 0 Å². The number of H-pyrrole nitrogens is 1. The predicted molar refractivity (Wildman–Crippen MR) is 126 cm³/mol. The number of alkyl halides is 3. The largest absolute Gasteiger partial charge is 0.417 e. The number of aromatic nitrogens is 4. The lowest BCUT2D eigenvalue weighted by atomic mass is 10.0. The van der Waals surface area contributed by atoms with Gasteiger partial charge in [0.05, 0.1) is 24.0 Å². The minimum atomic E-state index is -4.52. The summed E-state index contributed by atoms with van der Waals surface area (Å²) < 4.78 is 41.1. The maximum atomic E-state index is 13.3. The number of piperazine rings is 1. The molecule has 10 nitrogen and oxygen atoms in total. The van der Waals surface area contributed by atoms with Crippen LogP contribution in [0.25, 0.3) is 5.65 Å². The van der Waals surface area contributed by atoms with Gasteiger partial charge in [0.1, 0.15) is 23.3 Å². The van der Waals surface area contributed by atoms with Crippen molar-refractivity contribution in [2.75, 3.05) is 19.6 Å². The van der Waals surface area contributed by atoms with Gasteiger partial charge in [-0.25, -0.2) is 15.0 Å². The van der Waals surface area contributed by atoms with Crippen LogP contribution in [0.2, 0.25) is 0 Å². The van der Waals surface area contributed by atoms with Gasteiger partial charge < -0.3 is 14.9 Å². The third-order valence-corrected chi connectivity index (χ3v) is 5.94. The molecule has 13 heteroatoms. The Balaban J connectivity index is 1.67. The Labute approximate surface area is 204 Å². The number of pyridine rings is 1. The van der Waals surface area contributed by atoms with Crippen LogP contribution in [-0.2, 0) is 11.0 Å². The second-order valence-corrected chi connectivity index (χ2v) is 8.23. The van der Waals surface area contributed by atoms with Crippen molar-refractivity contribution in [2.45, 2.75) is 32.2 Å². The van der Waals surface area contributed by atoms with Crippen molar-refractivity contribution in [3.8, 4) is 0 Å². The highest BCUT2D eigenvalue weighted by Gasteiger charge is 2.35. The molecule has 0 aliphatic carbocycles. The smallest absolute Gasteiger partial charge is 0.384 e. The zero-order chi connectivity index (χ0) is 26.0. The predicted octanol–water partition coefficient (Wildman–Crippen LogP) is 2.65. The number of fused-ring (bicyclic) bond motifs is 1. The molecule has 3 aromatic heterocycles. The van der Waals surface area contributed by atoms with Crippen LogP contribution in [0.15, 0.2) is 58.8 Å². The number of imidazole rings is 1. The van der Waals surface area contributed by atoms with E-state index in [0.29, 0.717) is 31.1 Å². The number of amides is 1. The molecule has 1 saturated heterocycles. The SMILES string of the molecule is C=NC(=N/C(=C\C)N1CCN(C(=O)C(C)O)C(c2cn[nH]c2)C1)c1cnc2ccc(C(F)(F)F)cn12. The first-order valence-electron chi connectivity index (χ1n) is 11.1. The molecule has 3 aromatic rings. The van der Waals surface area contributed by atoms with Crippen LogP contribution in [-0.4, -0.2) is 78.7 Å². The average Bonchev–Trinajstić information content (AvgIpc) is 3.54. The highest BCUT2D eigenvalue weighted by molar-refractivity contribution is 6.01. The molecule has 0 bridgehead atoms. The molecule has 1 fully saturated rings. The van der Waals surface area contributed by atoms with Crippen molar-refractivity contribution in [2.24, 2.45) is 9.98 Å². The highest BCUT2D eigenvalue weighted by Crippen LogP contribution is 2.30. The first-order chi connectivity index (χ1) is 17.1. The van der Waals surface area contributed by atoms with Gasteiger partial charge in [-0.2, -0.15) is 18.3 Å². The zero-order valence-corrected chi connectivity index (χ0v) is 19.6. The van der Waals surface area contributed by atoms with Gasteiger partial charge in [-0.3, -0.25) is 14.3 Å². The number of hydrogen-bond acceptors (Lipinski definition) is 6. The van der Waals surface area contributed by atoms with E-state index in [2.05, 4.69) is 31.9 Å². The van der Waals surface area contributed by atoms with Gasteiger partial charge in [0.15, 0.2) is 5.84 Å². The van der Waals surface area contributed by atoms with Crippen LogP contribution in [0.4, 0.5) is 13.2 Å². The molecule has 0 spiro atoms. The monoisotopic (exact) mass is 502 g/mol. The minimum Gasteiger partial charge on any atom is -0.384 e. The van der Waals surface area contributed by atoms with Gasteiger partial charge in [-0.1, -0.05) is 0 Å². The van der Waals surface area contributed by atoms with Crippen LogP contribution in [0, 0.1) is 0 Å². The number of aromatic amines is 1. The van der Waals surface area contributed by atoms with Gasteiger partial charge in [0, 0.05) is 37.6 Å². The molecular weight excluding hydrogens is 477 g/mol. The maximum absolute atomic E-state index is 13.3. The molecule has 1 amide bonds. The summed E-state index contributed by atoms with van der Waals surface area (Å²) in [4.78, 5) is 28.9. The zero-order valence-electron chi connectivity index (χ0n) is 19.6. The van der Waals surface area contributed by atoms with E-state index in [9.17, 15) is 23.1 Å². The number of nitrogens with one attached hydrogen (secondary N) is 1.